The fourth-order valence-electron chi connectivity index (χ4n) is 5.35. The molecular formula is C36H70O4S. The van der Waals surface area contributed by atoms with Crippen LogP contribution in [0.25, 0.3) is 0 Å². The van der Waals surface area contributed by atoms with Crippen molar-refractivity contribution in [1.29, 1.82) is 0 Å². The molecule has 0 aliphatic carbocycles. The zero-order valence-electron chi connectivity index (χ0n) is 27.6. The Kier molecular flexibility index (Phi) is 33.5. The standard InChI is InChI=1S/C36H70O4S/c1-3-5-7-9-11-13-15-17-19-21-23-25-27-29-31-40-36(39)34(37)33-35(38)41-32-30-28-26-24-22-20-18-16-14-12-10-8-6-4-2/h34,37H,3-33H2,1-2H3. The maximum Gasteiger partial charge on any atom is 0.335 e. The Bertz CT molecular complexity index is 554. The van der Waals surface area contributed by atoms with Crippen LogP contribution >= 0.6 is 11.8 Å². The van der Waals surface area contributed by atoms with Crippen molar-refractivity contribution in [3.63, 3.8) is 0 Å². The van der Waals surface area contributed by atoms with Crippen molar-refractivity contribution >= 4 is 22.8 Å². The summed E-state index contributed by atoms with van der Waals surface area (Å²) >= 11 is 1.25. The quantitative estimate of drug-likeness (QED) is 0.0601. The molecule has 1 N–H and O–H groups in total. The van der Waals surface area contributed by atoms with Crippen LogP contribution in [-0.4, -0.2) is 34.7 Å². The predicted octanol–water partition coefficient (Wildman–Crippen LogP) is 11.5. The fraction of sp³-hybridized carbons (Fsp3) is 0.944. The maximum atomic E-state index is 12.1. The first-order valence-corrected chi connectivity index (χ1v) is 19.1. The molecule has 0 spiro atoms. The molecule has 0 aliphatic rings. The Morgan fingerprint density at radius 2 is 0.829 bits per heavy atom. The smallest absolute Gasteiger partial charge is 0.335 e. The van der Waals surface area contributed by atoms with Crippen LogP contribution in [0.15, 0.2) is 0 Å². The molecule has 0 bridgehead atoms. The Balaban J connectivity index is 3.40. The highest BCUT2D eigenvalue weighted by molar-refractivity contribution is 8.13. The van der Waals surface area contributed by atoms with E-state index in [0.29, 0.717) is 6.61 Å². The largest absolute Gasteiger partial charge is 0.464 e. The van der Waals surface area contributed by atoms with E-state index >= 15 is 0 Å². The lowest BCUT2D eigenvalue weighted by Crippen LogP contribution is -2.25. The van der Waals surface area contributed by atoms with Crippen molar-refractivity contribution in [2.75, 3.05) is 12.4 Å². The number of carbonyl (C=O) groups excluding carboxylic acids is 2. The van der Waals surface area contributed by atoms with Crippen molar-refractivity contribution in [3.8, 4) is 0 Å². The van der Waals surface area contributed by atoms with Crippen molar-refractivity contribution in [2.45, 2.75) is 206 Å². The number of rotatable bonds is 33. The third-order valence-electron chi connectivity index (χ3n) is 8.14. The maximum absolute atomic E-state index is 12.1. The number of thioether (sulfide) groups is 1. The van der Waals surface area contributed by atoms with Crippen LogP contribution in [0.4, 0.5) is 0 Å². The summed E-state index contributed by atoms with van der Waals surface area (Å²) in [7, 11) is 0. The molecule has 0 aromatic carbocycles. The normalized spacial score (nSPS) is 12.1. The van der Waals surface area contributed by atoms with Crippen LogP contribution in [0.5, 0.6) is 0 Å². The first-order valence-electron chi connectivity index (χ1n) is 18.1. The predicted molar refractivity (Wildman–Crippen MR) is 180 cm³/mol. The van der Waals surface area contributed by atoms with Gasteiger partial charge in [-0.25, -0.2) is 4.79 Å². The van der Waals surface area contributed by atoms with Crippen LogP contribution in [-0.2, 0) is 14.3 Å². The van der Waals surface area contributed by atoms with Gasteiger partial charge in [-0.2, -0.15) is 0 Å². The Hall–Kier alpha value is -0.550. The van der Waals surface area contributed by atoms with E-state index in [1.165, 1.54) is 166 Å². The Morgan fingerprint density at radius 3 is 1.20 bits per heavy atom. The number of esters is 1. The van der Waals surface area contributed by atoms with Crippen molar-refractivity contribution in [3.05, 3.63) is 0 Å². The van der Waals surface area contributed by atoms with Gasteiger partial charge in [0, 0.05) is 5.75 Å². The molecule has 0 aromatic rings. The molecule has 0 radical (unpaired) electrons. The summed E-state index contributed by atoms with van der Waals surface area (Å²) in [5, 5.41) is 9.91. The highest BCUT2D eigenvalue weighted by Crippen LogP contribution is 2.16. The van der Waals surface area contributed by atoms with Crippen LogP contribution in [0.1, 0.15) is 200 Å². The molecule has 1 atom stereocenters. The molecule has 0 saturated carbocycles. The zero-order chi connectivity index (χ0) is 30.1. The zero-order valence-corrected chi connectivity index (χ0v) is 28.4. The molecule has 0 fully saturated rings. The van der Waals surface area contributed by atoms with Gasteiger partial charge in [-0.1, -0.05) is 193 Å². The number of hydrogen-bond donors (Lipinski definition) is 1. The highest BCUT2D eigenvalue weighted by Gasteiger charge is 2.20. The second-order valence-electron chi connectivity index (χ2n) is 12.3. The second-order valence-corrected chi connectivity index (χ2v) is 13.5. The molecule has 5 heteroatoms. The van der Waals surface area contributed by atoms with E-state index in [4.69, 9.17) is 4.74 Å². The molecule has 0 rings (SSSR count). The van der Waals surface area contributed by atoms with Gasteiger partial charge in [0.25, 0.3) is 0 Å². The van der Waals surface area contributed by atoms with Crippen molar-refractivity contribution < 1.29 is 19.4 Å². The number of aliphatic hydroxyl groups excluding tert-OH is 1. The molecule has 0 heterocycles. The molecule has 244 valence electrons. The van der Waals surface area contributed by atoms with Gasteiger partial charge in [-0.05, 0) is 12.8 Å². The molecule has 0 saturated heterocycles. The molecule has 0 aromatic heterocycles. The van der Waals surface area contributed by atoms with E-state index in [1.807, 2.05) is 0 Å². The summed E-state index contributed by atoms with van der Waals surface area (Å²) in [6.45, 7) is 4.88. The average Bonchev–Trinajstić information content (AvgIpc) is 2.96. The van der Waals surface area contributed by atoms with Gasteiger partial charge in [-0.15, -0.1) is 0 Å². The van der Waals surface area contributed by atoms with Crippen LogP contribution < -0.4 is 0 Å². The fourth-order valence-corrected chi connectivity index (χ4v) is 6.20. The first kappa shape index (κ1) is 40.5. The first-order chi connectivity index (χ1) is 20.1. The topological polar surface area (TPSA) is 63.6 Å². The molecule has 1 unspecified atom stereocenters. The number of ether oxygens (including phenoxy) is 1. The summed E-state index contributed by atoms with van der Waals surface area (Å²) in [6.07, 6.45) is 35.1. The van der Waals surface area contributed by atoms with E-state index in [9.17, 15) is 14.7 Å². The van der Waals surface area contributed by atoms with Crippen molar-refractivity contribution in [2.24, 2.45) is 0 Å². The summed E-state index contributed by atoms with van der Waals surface area (Å²) in [5.74, 6) is 0.127. The van der Waals surface area contributed by atoms with Gasteiger partial charge in [0.05, 0.1) is 13.0 Å². The molecule has 0 amide bonds. The average molecular weight is 599 g/mol. The summed E-state index contributed by atoms with van der Waals surface area (Å²) in [6, 6.07) is 0. The summed E-state index contributed by atoms with van der Waals surface area (Å²) < 4.78 is 5.19. The van der Waals surface area contributed by atoms with Crippen LogP contribution in [0.3, 0.4) is 0 Å². The van der Waals surface area contributed by atoms with Crippen LogP contribution in [0, 0.1) is 0 Å². The Morgan fingerprint density at radius 1 is 0.512 bits per heavy atom. The number of carbonyl (C=O) groups is 2. The van der Waals surface area contributed by atoms with Gasteiger partial charge in [0.15, 0.2) is 11.2 Å². The molecule has 0 aliphatic heterocycles. The lowest BCUT2D eigenvalue weighted by molar-refractivity contribution is -0.154. The van der Waals surface area contributed by atoms with Gasteiger partial charge < -0.3 is 9.84 Å². The summed E-state index contributed by atoms with van der Waals surface area (Å²) in [4.78, 5) is 24.1. The second kappa shape index (κ2) is 33.9. The van der Waals surface area contributed by atoms with E-state index in [2.05, 4.69) is 13.8 Å². The monoisotopic (exact) mass is 598 g/mol. The van der Waals surface area contributed by atoms with Gasteiger partial charge in [-0.3, -0.25) is 4.79 Å². The van der Waals surface area contributed by atoms with E-state index in [1.54, 1.807) is 0 Å². The minimum Gasteiger partial charge on any atom is -0.464 e. The molecular weight excluding hydrogens is 528 g/mol. The van der Waals surface area contributed by atoms with E-state index < -0.39 is 12.1 Å². The number of hydrogen-bond acceptors (Lipinski definition) is 5. The van der Waals surface area contributed by atoms with Crippen LogP contribution in [0.2, 0.25) is 0 Å². The highest BCUT2D eigenvalue weighted by atomic mass is 32.2. The third-order valence-corrected chi connectivity index (χ3v) is 9.12. The third kappa shape index (κ3) is 32.2. The van der Waals surface area contributed by atoms with Gasteiger partial charge in [0.2, 0.25) is 0 Å². The van der Waals surface area contributed by atoms with Gasteiger partial charge >= 0.3 is 5.97 Å². The lowest BCUT2D eigenvalue weighted by Gasteiger charge is -2.10. The van der Waals surface area contributed by atoms with Crippen molar-refractivity contribution in [1.82, 2.24) is 0 Å². The SMILES string of the molecule is CCCCCCCCCCCCCCCCOC(=O)C(O)CC(=O)SCCCCCCCCCCCCCCCC. The lowest BCUT2D eigenvalue weighted by atomic mass is 10.0. The number of aliphatic hydroxyl groups is 1. The van der Waals surface area contributed by atoms with Gasteiger partial charge in [0.1, 0.15) is 0 Å². The Labute approximate surface area is 260 Å². The minimum absolute atomic E-state index is 0.111. The summed E-state index contributed by atoms with van der Waals surface area (Å²) in [5.41, 5.74) is 0. The number of unbranched alkanes of at least 4 members (excludes halogenated alkanes) is 26. The molecule has 4 nitrogen and oxygen atoms in total. The molecule has 41 heavy (non-hydrogen) atoms. The van der Waals surface area contributed by atoms with E-state index in [0.717, 1.165) is 31.4 Å². The minimum atomic E-state index is -1.32. The van der Waals surface area contributed by atoms with E-state index in [-0.39, 0.29) is 11.5 Å².